The molecule has 0 spiro atoms. The van der Waals surface area contributed by atoms with Gasteiger partial charge in [-0.3, -0.25) is 4.79 Å². The van der Waals surface area contributed by atoms with Crippen molar-refractivity contribution in [3.63, 3.8) is 0 Å². The molecule has 3 nitrogen and oxygen atoms in total. The minimum absolute atomic E-state index is 0. The van der Waals surface area contributed by atoms with Crippen LogP contribution in [0, 0.1) is 0 Å². The molecule has 1 fully saturated rings. The average Bonchev–Trinajstić information content (AvgIpc) is 2.77. The molecule has 1 N–H and O–H groups in total. The summed E-state index contributed by atoms with van der Waals surface area (Å²) in [6.07, 6.45) is -9.61. The maximum atomic E-state index is 13.2. The zero-order valence-corrected chi connectivity index (χ0v) is 18.5. The lowest BCUT2D eigenvalue weighted by molar-refractivity contribution is -0.143. The minimum Gasteiger partial charge on any atom is -0.333 e. The summed E-state index contributed by atoms with van der Waals surface area (Å²) in [7, 11) is 0. The van der Waals surface area contributed by atoms with Crippen LogP contribution in [-0.2, 0) is 18.8 Å². The number of fused-ring (bicyclic) bond motifs is 1. The molecule has 0 radical (unpaired) electrons. The first kappa shape index (κ1) is 25.8. The number of hydrogen-bond donors (Lipinski definition) is 1. The van der Waals surface area contributed by atoms with E-state index in [2.05, 4.69) is 5.32 Å². The Morgan fingerprint density at radius 1 is 0.882 bits per heavy atom. The highest BCUT2D eigenvalue weighted by Crippen LogP contribution is 2.36. The van der Waals surface area contributed by atoms with E-state index in [0.29, 0.717) is 31.6 Å². The molecule has 1 saturated heterocycles. The largest absolute Gasteiger partial charge is 0.416 e. The van der Waals surface area contributed by atoms with E-state index >= 15 is 0 Å². The van der Waals surface area contributed by atoms with Crippen LogP contribution in [0.15, 0.2) is 60.7 Å². The first-order chi connectivity index (χ1) is 15.5. The lowest BCUT2D eigenvalue weighted by atomic mass is 9.98. The van der Waals surface area contributed by atoms with Crippen LogP contribution in [0.3, 0.4) is 0 Å². The predicted octanol–water partition coefficient (Wildman–Crippen LogP) is 5.96. The molecule has 0 aromatic heterocycles. The third-order valence-corrected chi connectivity index (χ3v) is 5.73. The molecule has 0 saturated carbocycles. The third kappa shape index (κ3) is 5.64. The average molecular weight is 503 g/mol. The van der Waals surface area contributed by atoms with E-state index in [1.54, 1.807) is 0 Å². The van der Waals surface area contributed by atoms with Gasteiger partial charge in [-0.15, -0.1) is 12.4 Å². The fraction of sp³-hybridized carbons (Fsp3) is 0.292. The van der Waals surface area contributed by atoms with Crippen LogP contribution < -0.4 is 5.32 Å². The molecule has 3 aromatic carbocycles. The van der Waals surface area contributed by atoms with Gasteiger partial charge in [0.05, 0.1) is 11.1 Å². The van der Waals surface area contributed by atoms with Crippen LogP contribution in [-0.4, -0.2) is 36.5 Å². The Morgan fingerprint density at radius 3 is 2.12 bits per heavy atom. The van der Waals surface area contributed by atoms with Crippen LogP contribution >= 0.6 is 12.4 Å². The number of rotatable bonds is 3. The number of amides is 1. The summed E-state index contributed by atoms with van der Waals surface area (Å²) in [6, 6.07) is 14.1. The SMILES string of the molecule is Cl.O=C(c1cc(C(F)(F)F)cc(C(F)(F)F)c1)N1CCNC[C@H]1Cc1ccc2ccccc2c1. The highest BCUT2D eigenvalue weighted by molar-refractivity contribution is 5.95. The number of carbonyl (C=O) groups is 1. The fourth-order valence-corrected chi connectivity index (χ4v) is 4.09. The number of piperazine rings is 1. The van der Waals surface area contributed by atoms with E-state index in [0.717, 1.165) is 16.3 Å². The van der Waals surface area contributed by atoms with Crippen molar-refractivity contribution in [3.8, 4) is 0 Å². The van der Waals surface area contributed by atoms with E-state index in [4.69, 9.17) is 0 Å². The zero-order valence-electron chi connectivity index (χ0n) is 17.7. The van der Waals surface area contributed by atoms with Gasteiger partial charge in [-0.1, -0.05) is 42.5 Å². The number of carbonyl (C=O) groups excluding carboxylic acids is 1. The maximum Gasteiger partial charge on any atom is 0.416 e. The molecule has 1 aliphatic heterocycles. The van der Waals surface area contributed by atoms with Crippen LogP contribution in [0.5, 0.6) is 0 Å². The van der Waals surface area contributed by atoms with Gasteiger partial charge in [0.2, 0.25) is 0 Å². The Morgan fingerprint density at radius 2 is 1.50 bits per heavy atom. The van der Waals surface area contributed by atoms with Crippen molar-refractivity contribution in [2.45, 2.75) is 24.8 Å². The van der Waals surface area contributed by atoms with Gasteiger partial charge in [0.15, 0.2) is 0 Å². The summed E-state index contributed by atoms with van der Waals surface area (Å²) < 4.78 is 79.4. The lowest BCUT2D eigenvalue weighted by Gasteiger charge is -2.36. The molecular formula is C24H21ClF6N2O. The van der Waals surface area contributed by atoms with Crippen LogP contribution in [0.2, 0.25) is 0 Å². The fourth-order valence-electron chi connectivity index (χ4n) is 4.09. The van der Waals surface area contributed by atoms with Gasteiger partial charge in [0.1, 0.15) is 0 Å². The van der Waals surface area contributed by atoms with Gasteiger partial charge >= 0.3 is 12.4 Å². The van der Waals surface area contributed by atoms with Crippen molar-refractivity contribution >= 4 is 29.1 Å². The Kier molecular flexibility index (Phi) is 7.47. The molecule has 1 amide bonds. The second-order valence-corrected chi connectivity index (χ2v) is 8.04. The molecule has 4 rings (SSSR count). The van der Waals surface area contributed by atoms with E-state index in [9.17, 15) is 31.1 Å². The molecular weight excluding hydrogens is 482 g/mol. The van der Waals surface area contributed by atoms with Crippen LogP contribution in [0.1, 0.15) is 27.0 Å². The monoisotopic (exact) mass is 502 g/mol. The van der Waals surface area contributed by atoms with Gasteiger partial charge in [-0.05, 0) is 41.0 Å². The highest BCUT2D eigenvalue weighted by Gasteiger charge is 2.38. The highest BCUT2D eigenvalue weighted by atomic mass is 35.5. The Labute approximate surface area is 198 Å². The quantitative estimate of drug-likeness (QED) is 0.449. The molecule has 34 heavy (non-hydrogen) atoms. The van der Waals surface area contributed by atoms with Crippen molar-refractivity contribution in [2.75, 3.05) is 19.6 Å². The van der Waals surface area contributed by atoms with Crippen molar-refractivity contribution in [1.82, 2.24) is 10.2 Å². The van der Waals surface area contributed by atoms with Gasteiger partial charge in [0.25, 0.3) is 5.91 Å². The summed E-state index contributed by atoms with van der Waals surface area (Å²) >= 11 is 0. The first-order valence-corrected chi connectivity index (χ1v) is 10.3. The van der Waals surface area contributed by atoms with Gasteiger partial charge < -0.3 is 10.2 Å². The molecule has 1 aliphatic rings. The predicted molar refractivity (Wildman–Crippen MR) is 119 cm³/mol. The second-order valence-electron chi connectivity index (χ2n) is 8.04. The number of alkyl halides is 6. The zero-order chi connectivity index (χ0) is 23.8. The maximum absolute atomic E-state index is 13.2. The topological polar surface area (TPSA) is 32.3 Å². The normalized spacial score (nSPS) is 16.9. The summed E-state index contributed by atoms with van der Waals surface area (Å²) in [5.41, 5.74) is -2.70. The van der Waals surface area contributed by atoms with E-state index in [-0.39, 0.29) is 25.0 Å². The number of benzene rings is 3. The molecule has 182 valence electrons. The minimum atomic E-state index is -5.01. The van der Waals surface area contributed by atoms with E-state index < -0.39 is 41.0 Å². The summed E-state index contributed by atoms with van der Waals surface area (Å²) in [5, 5.41) is 5.19. The van der Waals surface area contributed by atoms with Crippen molar-refractivity contribution in [3.05, 3.63) is 82.9 Å². The molecule has 0 aliphatic carbocycles. The molecule has 1 heterocycles. The number of nitrogens with zero attached hydrogens (tertiary/aromatic N) is 1. The molecule has 3 aromatic rings. The van der Waals surface area contributed by atoms with Crippen LogP contribution in [0.25, 0.3) is 10.8 Å². The Bertz CT molecular complexity index is 1150. The Balaban J connectivity index is 0.00000324. The molecule has 10 heteroatoms. The number of nitrogens with one attached hydrogen (secondary N) is 1. The smallest absolute Gasteiger partial charge is 0.333 e. The Hall–Kier alpha value is -2.78. The summed E-state index contributed by atoms with van der Waals surface area (Å²) in [4.78, 5) is 14.5. The standard InChI is InChI=1S/C24H20F6N2O.ClH/c25-23(26,27)19-11-18(12-20(13-19)24(28,29)30)22(33)32-8-7-31-14-21(32)10-15-5-6-16-3-1-2-4-17(16)9-15;/h1-6,9,11-13,21,31H,7-8,10,14H2;1H/t21-;/m1./s1. The first-order valence-electron chi connectivity index (χ1n) is 10.3. The summed E-state index contributed by atoms with van der Waals surface area (Å²) in [6.45, 7) is 0.948. The molecule has 1 atom stereocenters. The third-order valence-electron chi connectivity index (χ3n) is 5.73. The van der Waals surface area contributed by atoms with Crippen molar-refractivity contribution in [1.29, 1.82) is 0 Å². The second kappa shape index (κ2) is 9.84. The number of hydrogen-bond acceptors (Lipinski definition) is 2. The van der Waals surface area contributed by atoms with Gasteiger partial charge in [-0.2, -0.15) is 26.3 Å². The number of halogens is 7. The van der Waals surface area contributed by atoms with Crippen molar-refractivity contribution in [2.24, 2.45) is 0 Å². The van der Waals surface area contributed by atoms with Crippen LogP contribution in [0.4, 0.5) is 26.3 Å². The lowest BCUT2D eigenvalue weighted by Crippen LogP contribution is -2.54. The summed E-state index contributed by atoms with van der Waals surface area (Å²) in [5.74, 6) is -0.848. The van der Waals surface area contributed by atoms with E-state index in [1.807, 2.05) is 42.5 Å². The van der Waals surface area contributed by atoms with E-state index in [1.165, 1.54) is 4.90 Å². The van der Waals surface area contributed by atoms with Gasteiger partial charge in [0, 0.05) is 31.2 Å². The molecule has 0 unspecified atom stereocenters. The van der Waals surface area contributed by atoms with Crippen molar-refractivity contribution < 1.29 is 31.1 Å². The van der Waals surface area contributed by atoms with Gasteiger partial charge in [-0.25, -0.2) is 0 Å². The molecule has 0 bridgehead atoms.